The molecule has 0 radical (unpaired) electrons. The first-order valence-electron chi connectivity index (χ1n) is 11.1. The Morgan fingerprint density at radius 1 is 1.19 bits per heavy atom. The van der Waals surface area contributed by atoms with Gasteiger partial charge in [-0.1, -0.05) is 70.4 Å². The first-order valence-corrected chi connectivity index (χ1v) is 11.9. The molecule has 5 nitrogen and oxygen atoms in total. The minimum atomic E-state index is -1.46. The highest BCUT2D eigenvalue weighted by Crippen LogP contribution is 2.30. The Morgan fingerprint density at radius 3 is 2.19 bits per heavy atom. The summed E-state index contributed by atoms with van der Waals surface area (Å²) < 4.78 is 14.6. The van der Waals surface area contributed by atoms with Gasteiger partial charge in [0, 0.05) is 6.92 Å². The summed E-state index contributed by atoms with van der Waals surface area (Å²) >= 11 is 1.70. The number of hydrogen-bond acceptors (Lipinski definition) is 4. The van der Waals surface area contributed by atoms with E-state index < -0.39 is 29.5 Å². The van der Waals surface area contributed by atoms with Crippen LogP contribution in [0.1, 0.15) is 65.1 Å². The summed E-state index contributed by atoms with van der Waals surface area (Å²) in [5.74, 6) is -1.79. The number of benzene rings is 1. The number of amides is 2. The summed E-state index contributed by atoms with van der Waals surface area (Å²) in [6.07, 6.45) is 0.564. The molecule has 1 aromatic carbocycles. The number of unbranched alkanes of at least 4 members (excludes halogenated alkanes) is 1. The van der Waals surface area contributed by atoms with E-state index in [0.29, 0.717) is 6.42 Å². The molecule has 2 rings (SSSR count). The molecule has 0 aliphatic rings. The predicted octanol–water partition coefficient (Wildman–Crippen LogP) is 5.59. The number of alkyl halides is 1. The molecule has 0 saturated heterocycles. The van der Waals surface area contributed by atoms with Crippen molar-refractivity contribution in [3.8, 4) is 10.4 Å². The molecule has 3 unspecified atom stereocenters. The normalized spacial score (nSPS) is 14.0. The van der Waals surface area contributed by atoms with Crippen molar-refractivity contribution < 1.29 is 14.0 Å². The molecule has 0 spiro atoms. The van der Waals surface area contributed by atoms with Crippen molar-refractivity contribution in [1.29, 1.82) is 0 Å². The largest absolute Gasteiger partial charge is 0.369 e. The molecule has 3 atom stereocenters. The Balaban J connectivity index is 0.000000339. The molecule has 0 aliphatic carbocycles. The number of nitrogens with two attached hydrogens (primary N) is 1. The van der Waals surface area contributed by atoms with Gasteiger partial charge >= 0.3 is 0 Å². The topological polar surface area (TPSA) is 85.1 Å². The van der Waals surface area contributed by atoms with Gasteiger partial charge in [-0.15, -0.1) is 11.3 Å². The summed E-state index contributed by atoms with van der Waals surface area (Å²) in [4.78, 5) is 28.2. The highest BCUT2D eigenvalue weighted by Gasteiger charge is 2.39. The lowest BCUT2D eigenvalue weighted by Crippen LogP contribution is -2.53. The third-order valence-corrected chi connectivity index (χ3v) is 6.27. The number of rotatable bonds is 8. The first kappa shape index (κ1) is 27.8. The molecule has 1 heterocycles. The molecule has 32 heavy (non-hydrogen) atoms. The van der Waals surface area contributed by atoms with E-state index >= 15 is 0 Å². The van der Waals surface area contributed by atoms with Crippen molar-refractivity contribution in [3.05, 3.63) is 41.0 Å². The molecule has 1 aromatic heterocycles. The van der Waals surface area contributed by atoms with E-state index in [0.717, 1.165) is 18.5 Å². The second kappa shape index (κ2) is 12.7. The SMILES string of the molecule is CCCCC(C(N)=O)C(F)C(NC(C)=O)C(C)(C)C.Cc1ccc(-c2scnc2C)cc1. The van der Waals surface area contributed by atoms with Gasteiger partial charge in [-0.25, -0.2) is 9.37 Å². The average Bonchev–Trinajstić information content (AvgIpc) is 3.12. The minimum Gasteiger partial charge on any atom is -0.369 e. The Bertz CT molecular complexity index is 859. The highest BCUT2D eigenvalue weighted by molar-refractivity contribution is 7.13. The maximum Gasteiger partial charge on any atom is 0.223 e. The van der Waals surface area contributed by atoms with Crippen molar-refractivity contribution in [3.63, 3.8) is 0 Å². The van der Waals surface area contributed by atoms with Crippen LogP contribution in [0.15, 0.2) is 29.8 Å². The fraction of sp³-hybridized carbons (Fsp3) is 0.560. The number of nitrogens with one attached hydrogen (secondary N) is 1. The number of thiazole rings is 1. The van der Waals surface area contributed by atoms with Crippen molar-refractivity contribution in [2.75, 3.05) is 0 Å². The zero-order valence-corrected chi connectivity index (χ0v) is 21.2. The van der Waals surface area contributed by atoms with Gasteiger partial charge in [-0.05, 0) is 31.2 Å². The van der Waals surface area contributed by atoms with E-state index in [2.05, 4.69) is 41.5 Å². The number of aromatic nitrogens is 1. The lowest BCUT2D eigenvalue weighted by Gasteiger charge is -2.36. The summed E-state index contributed by atoms with van der Waals surface area (Å²) in [7, 11) is 0. The molecular formula is C25H38FN3O2S. The van der Waals surface area contributed by atoms with Gasteiger partial charge in [-0.2, -0.15) is 0 Å². The molecule has 0 aliphatic heterocycles. The van der Waals surface area contributed by atoms with Gasteiger partial charge in [0.15, 0.2) is 0 Å². The van der Waals surface area contributed by atoms with Gasteiger partial charge in [0.2, 0.25) is 11.8 Å². The summed E-state index contributed by atoms with van der Waals surface area (Å²) in [5, 5.41) is 2.61. The molecule has 0 fully saturated rings. The Labute approximate surface area is 196 Å². The monoisotopic (exact) mass is 463 g/mol. The molecule has 2 amide bonds. The maximum absolute atomic E-state index is 14.6. The predicted molar refractivity (Wildman–Crippen MR) is 131 cm³/mol. The third kappa shape index (κ3) is 8.69. The Hall–Kier alpha value is -2.28. The van der Waals surface area contributed by atoms with E-state index in [-0.39, 0.29) is 5.91 Å². The van der Waals surface area contributed by atoms with E-state index in [9.17, 15) is 14.0 Å². The number of carbonyl (C=O) groups is 2. The lowest BCUT2D eigenvalue weighted by atomic mass is 9.78. The molecule has 178 valence electrons. The van der Waals surface area contributed by atoms with Gasteiger partial charge < -0.3 is 11.1 Å². The maximum atomic E-state index is 14.6. The molecule has 7 heteroatoms. The summed E-state index contributed by atoms with van der Waals surface area (Å²) in [6, 6.07) is 7.84. The lowest BCUT2D eigenvalue weighted by molar-refractivity contribution is -0.127. The van der Waals surface area contributed by atoms with Crippen LogP contribution in [0.25, 0.3) is 10.4 Å². The molecular weight excluding hydrogens is 425 g/mol. The smallest absolute Gasteiger partial charge is 0.223 e. The van der Waals surface area contributed by atoms with Crippen LogP contribution < -0.4 is 11.1 Å². The van der Waals surface area contributed by atoms with Crippen LogP contribution in [0.4, 0.5) is 4.39 Å². The van der Waals surface area contributed by atoms with Crippen LogP contribution in [0, 0.1) is 25.2 Å². The fourth-order valence-corrected chi connectivity index (χ4v) is 4.20. The van der Waals surface area contributed by atoms with Crippen LogP contribution in [0.5, 0.6) is 0 Å². The standard InChI is InChI=1S/C14H27FN2O2.C11H11NS/c1-6-7-8-10(13(16)19)11(15)12(14(3,4)5)17-9(2)18;1-8-3-5-10(6-4-8)11-9(2)12-7-13-11/h10-12H,6-8H2,1-5H3,(H2,16,19)(H,17,18);3-7H,1-2H3. The van der Waals surface area contributed by atoms with E-state index in [4.69, 9.17) is 5.73 Å². The van der Waals surface area contributed by atoms with Crippen molar-refractivity contribution in [1.82, 2.24) is 10.3 Å². The second-order valence-corrected chi connectivity index (χ2v) is 10.1. The number of primary amides is 1. The van der Waals surface area contributed by atoms with Gasteiger partial charge in [0.25, 0.3) is 0 Å². The minimum absolute atomic E-state index is 0.304. The van der Waals surface area contributed by atoms with Crippen LogP contribution in [-0.2, 0) is 9.59 Å². The summed E-state index contributed by atoms with van der Waals surface area (Å²) in [6.45, 7) is 13.0. The van der Waals surface area contributed by atoms with Crippen molar-refractivity contribution in [2.45, 2.75) is 79.9 Å². The fourth-order valence-electron chi connectivity index (χ4n) is 3.39. The van der Waals surface area contributed by atoms with Crippen molar-refractivity contribution >= 4 is 23.2 Å². The number of carbonyl (C=O) groups excluding carboxylic acids is 2. The van der Waals surface area contributed by atoms with Crippen molar-refractivity contribution in [2.24, 2.45) is 17.1 Å². The molecule has 2 aromatic rings. The van der Waals surface area contributed by atoms with E-state index in [1.54, 1.807) is 11.3 Å². The number of aryl methyl sites for hydroxylation is 2. The number of halogens is 1. The Morgan fingerprint density at radius 2 is 1.78 bits per heavy atom. The van der Waals surface area contributed by atoms with Crippen LogP contribution in [0.2, 0.25) is 0 Å². The zero-order chi connectivity index (χ0) is 24.5. The first-order chi connectivity index (χ1) is 14.9. The van der Waals surface area contributed by atoms with Crippen LogP contribution in [-0.4, -0.2) is 29.0 Å². The van der Waals surface area contributed by atoms with Gasteiger partial charge in [-0.3, -0.25) is 9.59 Å². The quantitative estimate of drug-likeness (QED) is 0.535. The number of nitrogens with zero attached hydrogens (tertiary/aromatic N) is 1. The van der Waals surface area contributed by atoms with E-state index in [1.807, 2.05) is 40.1 Å². The molecule has 0 saturated carbocycles. The number of hydrogen-bond donors (Lipinski definition) is 2. The van der Waals surface area contributed by atoms with Gasteiger partial charge in [0.05, 0.1) is 28.0 Å². The third-order valence-electron chi connectivity index (χ3n) is 5.29. The average molecular weight is 464 g/mol. The highest BCUT2D eigenvalue weighted by atomic mass is 32.1. The Kier molecular flexibility index (Phi) is 11.0. The van der Waals surface area contributed by atoms with E-state index in [1.165, 1.54) is 22.9 Å². The van der Waals surface area contributed by atoms with Crippen LogP contribution >= 0.6 is 11.3 Å². The molecule has 0 bridgehead atoms. The van der Waals surface area contributed by atoms with Crippen LogP contribution in [0.3, 0.4) is 0 Å². The molecule has 3 N–H and O–H groups in total. The zero-order valence-electron chi connectivity index (χ0n) is 20.4. The van der Waals surface area contributed by atoms with Gasteiger partial charge in [0.1, 0.15) is 6.17 Å². The second-order valence-electron chi connectivity index (χ2n) is 9.27. The summed E-state index contributed by atoms with van der Waals surface area (Å²) in [5.41, 5.74) is 10.4.